The van der Waals surface area contributed by atoms with Gasteiger partial charge in [-0.15, -0.1) is 16.8 Å². The molecule has 0 aliphatic heterocycles. The molecule has 1 aromatic carbocycles. The predicted octanol–water partition coefficient (Wildman–Crippen LogP) is 4.93. The van der Waals surface area contributed by atoms with Gasteiger partial charge in [0.05, 0.1) is 12.4 Å². The van der Waals surface area contributed by atoms with Crippen LogP contribution in [0.3, 0.4) is 0 Å². The second kappa shape index (κ2) is 10.2. The van der Waals surface area contributed by atoms with Crippen molar-refractivity contribution in [3.05, 3.63) is 64.4 Å². The number of rotatable bonds is 10. The van der Waals surface area contributed by atoms with E-state index < -0.39 is 0 Å². The summed E-state index contributed by atoms with van der Waals surface area (Å²) in [4.78, 5) is 12.9. The Hall–Kier alpha value is -2.16. The molecule has 0 amide bonds. The van der Waals surface area contributed by atoms with Gasteiger partial charge in [0.15, 0.2) is 16.8 Å². The molecule has 0 N–H and O–H groups in total. The van der Waals surface area contributed by atoms with Crippen LogP contribution < -0.4 is 0 Å². The molecule has 0 saturated heterocycles. The van der Waals surface area contributed by atoms with E-state index >= 15 is 0 Å². The number of aromatic nitrogens is 4. The van der Waals surface area contributed by atoms with Crippen molar-refractivity contribution < 1.29 is 9.53 Å². The molecule has 6 nitrogen and oxygen atoms in total. The van der Waals surface area contributed by atoms with Gasteiger partial charge < -0.3 is 9.30 Å². The molecule has 0 radical (unpaired) electrons. The Labute approximate surface area is 189 Å². The second-order valence-electron chi connectivity index (χ2n) is 6.85. The van der Waals surface area contributed by atoms with E-state index in [1.807, 2.05) is 48.7 Å². The van der Waals surface area contributed by atoms with Crippen LogP contribution in [0.5, 0.6) is 0 Å². The second-order valence-corrected chi connectivity index (χ2v) is 8.71. The predicted molar refractivity (Wildman–Crippen MR) is 124 cm³/mol. The van der Waals surface area contributed by atoms with Crippen LogP contribution in [0.25, 0.3) is 11.4 Å². The fourth-order valence-electron chi connectivity index (χ4n) is 3.32. The van der Waals surface area contributed by atoms with Gasteiger partial charge in [0.25, 0.3) is 0 Å². The molecule has 158 valence electrons. The summed E-state index contributed by atoms with van der Waals surface area (Å²) in [5.74, 6) is 1.13. The first kappa shape index (κ1) is 22.5. The fraction of sp³-hybridized carbons (Fsp3) is 0.318. The molecule has 0 fully saturated rings. The van der Waals surface area contributed by atoms with Gasteiger partial charge in [0.1, 0.15) is 0 Å². The van der Waals surface area contributed by atoms with Gasteiger partial charge in [-0.05, 0) is 32.0 Å². The number of Topliss-reactive ketones (excluding diaryl/α,β-unsaturated/α-hetero) is 1. The molecule has 2 aromatic heterocycles. The molecule has 0 aliphatic rings. The van der Waals surface area contributed by atoms with Crippen molar-refractivity contribution in [1.29, 1.82) is 0 Å². The van der Waals surface area contributed by atoms with Crippen LogP contribution in [0, 0.1) is 13.8 Å². The Morgan fingerprint density at radius 3 is 2.63 bits per heavy atom. The van der Waals surface area contributed by atoms with E-state index in [1.54, 1.807) is 13.2 Å². The lowest BCUT2D eigenvalue weighted by Crippen LogP contribution is -2.10. The number of carbonyl (C=O) groups excluding carboxylic acids is 1. The Balaban J connectivity index is 1.78. The van der Waals surface area contributed by atoms with E-state index in [1.165, 1.54) is 11.8 Å². The maximum atomic E-state index is 12.9. The number of nitrogens with zero attached hydrogens (tertiary/aromatic N) is 4. The molecule has 2 heterocycles. The quantitative estimate of drug-likeness (QED) is 0.230. The molecule has 3 rings (SSSR count). The Morgan fingerprint density at radius 2 is 1.97 bits per heavy atom. The van der Waals surface area contributed by atoms with Crippen molar-refractivity contribution in [2.24, 2.45) is 0 Å². The van der Waals surface area contributed by atoms with Gasteiger partial charge in [-0.3, -0.25) is 9.36 Å². The summed E-state index contributed by atoms with van der Waals surface area (Å²) in [6, 6.07) is 9.87. The van der Waals surface area contributed by atoms with Crippen LogP contribution in [-0.4, -0.2) is 44.6 Å². The van der Waals surface area contributed by atoms with E-state index in [9.17, 15) is 4.79 Å². The van der Waals surface area contributed by atoms with E-state index in [0.717, 1.165) is 39.4 Å². The summed E-state index contributed by atoms with van der Waals surface area (Å²) in [5.41, 5.74) is 3.75. The number of halogens is 1. The number of carbonyl (C=O) groups is 1. The van der Waals surface area contributed by atoms with E-state index in [0.29, 0.717) is 24.1 Å². The lowest BCUT2D eigenvalue weighted by molar-refractivity contribution is 0.102. The third kappa shape index (κ3) is 4.94. The van der Waals surface area contributed by atoms with Crippen molar-refractivity contribution >= 4 is 33.5 Å². The topological polar surface area (TPSA) is 61.9 Å². The number of ketones is 1. The van der Waals surface area contributed by atoms with Crippen molar-refractivity contribution in [1.82, 2.24) is 19.3 Å². The lowest BCUT2D eigenvalue weighted by atomic mass is 10.2. The number of benzene rings is 1. The normalized spacial score (nSPS) is 11.1. The molecule has 8 heteroatoms. The number of hydrogen-bond acceptors (Lipinski definition) is 5. The zero-order valence-corrected chi connectivity index (χ0v) is 19.8. The first-order valence-corrected chi connectivity index (χ1v) is 11.4. The first-order valence-electron chi connectivity index (χ1n) is 9.58. The van der Waals surface area contributed by atoms with Gasteiger partial charge in [-0.1, -0.05) is 45.9 Å². The van der Waals surface area contributed by atoms with Crippen molar-refractivity contribution in [3.63, 3.8) is 0 Å². The van der Waals surface area contributed by atoms with Crippen molar-refractivity contribution in [2.45, 2.75) is 32.1 Å². The summed E-state index contributed by atoms with van der Waals surface area (Å²) in [6.45, 7) is 9.75. The Morgan fingerprint density at radius 1 is 1.23 bits per heavy atom. The Bertz CT molecular complexity index is 1040. The third-order valence-electron chi connectivity index (χ3n) is 4.86. The monoisotopic (exact) mass is 488 g/mol. The Kier molecular flexibility index (Phi) is 7.69. The highest BCUT2D eigenvalue weighted by atomic mass is 79.9. The lowest BCUT2D eigenvalue weighted by Gasteiger charge is -2.09. The largest absolute Gasteiger partial charge is 0.383 e. The minimum Gasteiger partial charge on any atom is -0.383 e. The zero-order chi connectivity index (χ0) is 21.7. The van der Waals surface area contributed by atoms with Crippen molar-refractivity contribution in [3.8, 4) is 11.4 Å². The highest BCUT2D eigenvalue weighted by Crippen LogP contribution is 2.26. The van der Waals surface area contributed by atoms with Crippen LogP contribution >= 0.6 is 27.7 Å². The maximum Gasteiger partial charge on any atom is 0.192 e. The SMILES string of the molecule is C=CCn1c(SCC(=O)c2cc(C)n(CCOC)c2C)nnc1-c1ccc(Br)cc1. The number of methoxy groups -OCH3 is 1. The number of allylic oxidation sites excluding steroid dienone is 1. The molecule has 0 aliphatic carbocycles. The summed E-state index contributed by atoms with van der Waals surface area (Å²) in [5, 5.41) is 9.39. The molecular formula is C22H25BrN4O2S. The molecule has 3 aromatic rings. The van der Waals surface area contributed by atoms with Gasteiger partial charge in [-0.2, -0.15) is 0 Å². The first-order chi connectivity index (χ1) is 14.5. The summed E-state index contributed by atoms with van der Waals surface area (Å²) in [6.07, 6.45) is 1.81. The van der Waals surface area contributed by atoms with Crippen LogP contribution in [0.2, 0.25) is 0 Å². The van der Waals surface area contributed by atoms with Gasteiger partial charge in [0.2, 0.25) is 0 Å². The molecule has 0 saturated carbocycles. The highest BCUT2D eigenvalue weighted by Gasteiger charge is 2.19. The smallest absolute Gasteiger partial charge is 0.192 e. The number of hydrogen-bond donors (Lipinski definition) is 0. The van der Waals surface area contributed by atoms with Crippen LogP contribution in [0.15, 0.2) is 52.6 Å². The minimum atomic E-state index is 0.0788. The zero-order valence-electron chi connectivity index (χ0n) is 17.4. The van der Waals surface area contributed by atoms with E-state index in [-0.39, 0.29) is 5.78 Å². The van der Waals surface area contributed by atoms with E-state index in [4.69, 9.17) is 4.74 Å². The fourth-order valence-corrected chi connectivity index (χ4v) is 4.42. The average Bonchev–Trinajstić information content (AvgIpc) is 3.26. The average molecular weight is 489 g/mol. The summed E-state index contributed by atoms with van der Waals surface area (Å²) in [7, 11) is 1.68. The highest BCUT2D eigenvalue weighted by molar-refractivity contribution is 9.10. The van der Waals surface area contributed by atoms with Gasteiger partial charge in [0, 0.05) is 47.2 Å². The molecule has 0 spiro atoms. The summed E-state index contributed by atoms with van der Waals surface area (Å²) >= 11 is 4.85. The number of aryl methyl sites for hydroxylation is 1. The van der Waals surface area contributed by atoms with Crippen molar-refractivity contribution in [2.75, 3.05) is 19.5 Å². The summed E-state index contributed by atoms with van der Waals surface area (Å²) < 4.78 is 10.3. The molecular weight excluding hydrogens is 464 g/mol. The number of thioether (sulfide) groups is 1. The minimum absolute atomic E-state index is 0.0788. The molecule has 0 bridgehead atoms. The third-order valence-corrected chi connectivity index (χ3v) is 6.35. The van der Waals surface area contributed by atoms with Crippen LogP contribution in [-0.2, 0) is 17.8 Å². The van der Waals surface area contributed by atoms with Gasteiger partial charge >= 0.3 is 0 Å². The number of ether oxygens (including phenoxy) is 1. The van der Waals surface area contributed by atoms with Gasteiger partial charge in [-0.25, -0.2) is 0 Å². The van der Waals surface area contributed by atoms with E-state index in [2.05, 4.69) is 37.3 Å². The standard InChI is InChI=1S/C22H25BrN4O2S/c1-5-10-27-21(17-6-8-18(23)9-7-17)24-25-22(27)30-14-20(28)19-13-15(2)26(16(19)3)11-12-29-4/h5-9,13H,1,10-12,14H2,2-4H3. The molecule has 0 atom stereocenters. The van der Waals surface area contributed by atoms with Crippen LogP contribution in [0.4, 0.5) is 0 Å². The molecule has 30 heavy (non-hydrogen) atoms. The molecule has 0 unspecified atom stereocenters. The van der Waals surface area contributed by atoms with Crippen LogP contribution in [0.1, 0.15) is 21.7 Å². The maximum absolute atomic E-state index is 12.9.